The molecule has 0 fully saturated rings. The highest BCUT2D eigenvalue weighted by atomic mass is 32.2. The van der Waals surface area contributed by atoms with E-state index in [0.717, 1.165) is 15.3 Å². The van der Waals surface area contributed by atoms with Gasteiger partial charge in [0.1, 0.15) is 11.6 Å². The Hall–Kier alpha value is -3.37. The molecule has 1 amide bonds. The van der Waals surface area contributed by atoms with E-state index in [-0.39, 0.29) is 12.3 Å². The lowest BCUT2D eigenvalue weighted by Gasteiger charge is -2.06. The molecular weight excluding hydrogens is 447 g/mol. The minimum Gasteiger partial charge on any atom is -0.326 e. The third kappa shape index (κ3) is 6.08. The summed E-state index contributed by atoms with van der Waals surface area (Å²) in [5.74, 6) is 0.319. The van der Waals surface area contributed by atoms with Crippen molar-refractivity contribution in [3.05, 3.63) is 76.8 Å². The van der Waals surface area contributed by atoms with Crippen LogP contribution in [0.1, 0.15) is 16.3 Å². The molecule has 0 aliphatic rings. The number of aromatic nitrogens is 4. The number of hydrogen-bond acceptors (Lipinski definition) is 8. The molecule has 0 radical (unpaired) electrons. The van der Waals surface area contributed by atoms with Crippen LogP contribution in [-0.4, -0.2) is 25.8 Å². The van der Waals surface area contributed by atoms with Crippen LogP contribution in [0.25, 0.3) is 0 Å². The Morgan fingerprint density at radius 2 is 1.94 bits per heavy atom. The van der Waals surface area contributed by atoms with E-state index in [1.807, 2.05) is 25.1 Å². The van der Waals surface area contributed by atoms with Gasteiger partial charge in [0.2, 0.25) is 11.9 Å². The number of carbonyl (C=O) groups is 1. The third-order valence-corrected chi connectivity index (χ3v) is 5.91. The van der Waals surface area contributed by atoms with Crippen molar-refractivity contribution in [1.29, 1.82) is 0 Å². The van der Waals surface area contributed by atoms with Crippen molar-refractivity contribution in [2.75, 3.05) is 10.6 Å². The molecule has 32 heavy (non-hydrogen) atoms. The van der Waals surface area contributed by atoms with Gasteiger partial charge in [-0.3, -0.25) is 10.1 Å². The molecule has 7 nitrogen and oxygen atoms in total. The zero-order chi connectivity index (χ0) is 22.5. The maximum atomic E-state index is 13.3. The standard InChI is InChI=1S/C22H19FN6OS2/c1-13-5-3-8-17(9-13)31-22-26-14(2)25-20(29-22)28-21-24-12-18(32-21)11-19(30)27-16-7-4-6-15(23)10-16/h3-10,12H,11H2,1-2H3,(H,27,30)(H,24,25,26,28,29). The molecule has 4 aromatic rings. The van der Waals surface area contributed by atoms with Crippen molar-refractivity contribution in [3.8, 4) is 0 Å². The van der Waals surface area contributed by atoms with Crippen molar-refractivity contribution in [2.45, 2.75) is 30.3 Å². The van der Waals surface area contributed by atoms with Crippen LogP contribution in [0.2, 0.25) is 0 Å². The molecule has 0 atom stereocenters. The highest BCUT2D eigenvalue weighted by Gasteiger charge is 2.11. The van der Waals surface area contributed by atoms with E-state index in [0.29, 0.717) is 27.7 Å². The number of hydrogen-bond donors (Lipinski definition) is 2. The molecule has 0 saturated heterocycles. The van der Waals surface area contributed by atoms with Gasteiger partial charge in [-0.05, 0) is 55.9 Å². The van der Waals surface area contributed by atoms with E-state index >= 15 is 0 Å². The van der Waals surface area contributed by atoms with E-state index in [1.54, 1.807) is 25.3 Å². The van der Waals surface area contributed by atoms with Gasteiger partial charge in [-0.2, -0.15) is 9.97 Å². The summed E-state index contributed by atoms with van der Waals surface area (Å²) in [5.41, 5.74) is 1.58. The van der Waals surface area contributed by atoms with Crippen LogP contribution < -0.4 is 10.6 Å². The second-order valence-electron chi connectivity index (χ2n) is 6.90. The topological polar surface area (TPSA) is 92.7 Å². The minimum absolute atomic E-state index is 0.126. The monoisotopic (exact) mass is 466 g/mol. The van der Waals surface area contributed by atoms with Crippen molar-refractivity contribution in [2.24, 2.45) is 0 Å². The Bertz CT molecular complexity index is 1260. The molecular formula is C22H19FN6OS2. The van der Waals surface area contributed by atoms with Crippen LogP contribution in [0.4, 0.5) is 21.2 Å². The number of thiazole rings is 1. The third-order valence-electron chi connectivity index (χ3n) is 4.14. The summed E-state index contributed by atoms with van der Waals surface area (Å²) in [6, 6.07) is 13.9. The molecule has 4 rings (SSSR count). The largest absolute Gasteiger partial charge is 0.326 e. The summed E-state index contributed by atoms with van der Waals surface area (Å²) in [5, 5.41) is 6.91. The summed E-state index contributed by atoms with van der Waals surface area (Å²) in [6.45, 7) is 3.84. The smallest absolute Gasteiger partial charge is 0.233 e. The zero-order valence-electron chi connectivity index (χ0n) is 17.3. The maximum Gasteiger partial charge on any atom is 0.233 e. The number of nitrogens with zero attached hydrogens (tertiary/aromatic N) is 4. The van der Waals surface area contributed by atoms with Gasteiger partial charge in [0, 0.05) is 21.7 Å². The van der Waals surface area contributed by atoms with Gasteiger partial charge in [0.15, 0.2) is 10.3 Å². The fourth-order valence-corrected chi connectivity index (χ4v) is 4.53. The van der Waals surface area contributed by atoms with Crippen LogP contribution in [0.5, 0.6) is 0 Å². The van der Waals surface area contributed by atoms with E-state index in [1.165, 1.54) is 35.2 Å². The molecule has 2 N–H and O–H groups in total. The molecule has 0 aliphatic carbocycles. The van der Waals surface area contributed by atoms with E-state index in [2.05, 4.69) is 36.6 Å². The lowest BCUT2D eigenvalue weighted by molar-refractivity contribution is -0.115. The normalized spacial score (nSPS) is 10.7. The minimum atomic E-state index is -0.403. The first kappa shape index (κ1) is 21.8. The first-order valence-corrected chi connectivity index (χ1v) is 11.3. The lowest BCUT2D eigenvalue weighted by Crippen LogP contribution is -2.13. The number of nitrogens with one attached hydrogen (secondary N) is 2. The van der Waals surface area contributed by atoms with Crippen LogP contribution in [0.3, 0.4) is 0 Å². The lowest BCUT2D eigenvalue weighted by atomic mass is 10.2. The molecule has 2 aromatic carbocycles. The van der Waals surface area contributed by atoms with Gasteiger partial charge in [-0.15, -0.1) is 11.3 Å². The average Bonchev–Trinajstić information content (AvgIpc) is 3.14. The molecule has 2 aromatic heterocycles. The number of rotatable bonds is 7. The van der Waals surface area contributed by atoms with Gasteiger partial charge in [0.25, 0.3) is 0 Å². The Balaban J connectivity index is 1.40. The quantitative estimate of drug-likeness (QED) is 0.389. The number of anilines is 3. The molecule has 10 heteroatoms. The first-order valence-electron chi connectivity index (χ1n) is 9.67. The molecule has 0 spiro atoms. The SMILES string of the molecule is Cc1cccc(Sc2nc(C)nc(Nc3ncc(CC(=O)Nc4cccc(F)c4)s3)n2)c1. The van der Waals surface area contributed by atoms with Crippen LogP contribution in [0, 0.1) is 19.7 Å². The van der Waals surface area contributed by atoms with Gasteiger partial charge >= 0.3 is 0 Å². The van der Waals surface area contributed by atoms with E-state index < -0.39 is 5.82 Å². The molecule has 0 bridgehead atoms. The van der Waals surface area contributed by atoms with E-state index in [4.69, 9.17) is 0 Å². The Morgan fingerprint density at radius 1 is 1.09 bits per heavy atom. The van der Waals surface area contributed by atoms with Crippen molar-refractivity contribution in [3.63, 3.8) is 0 Å². The summed E-state index contributed by atoms with van der Waals surface area (Å²) < 4.78 is 13.3. The number of amides is 1. The molecule has 2 heterocycles. The summed E-state index contributed by atoms with van der Waals surface area (Å²) >= 11 is 2.78. The molecule has 162 valence electrons. The van der Waals surface area contributed by atoms with Gasteiger partial charge in [-0.25, -0.2) is 14.4 Å². The average molecular weight is 467 g/mol. The second kappa shape index (κ2) is 9.84. The number of halogens is 1. The van der Waals surface area contributed by atoms with Crippen molar-refractivity contribution < 1.29 is 9.18 Å². The summed E-state index contributed by atoms with van der Waals surface area (Å²) in [6.07, 6.45) is 1.75. The number of aryl methyl sites for hydroxylation is 2. The Kier molecular flexibility index (Phi) is 6.72. The van der Waals surface area contributed by atoms with Gasteiger partial charge in [-0.1, -0.05) is 23.8 Å². The number of benzene rings is 2. The predicted molar refractivity (Wildman–Crippen MR) is 124 cm³/mol. The van der Waals surface area contributed by atoms with Crippen molar-refractivity contribution >= 4 is 45.8 Å². The zero-order valence-corrected chi connectivity index (χ0v) is 18.9. The Morgan fingerprint density at radius 3 is 2.75 bits per heavy atom. The molecule has 0 unspecified atom stereocenters. The summed E-state index contributed by atoms with van der Waals surface area (Å²) in [4.78, 5) is 31.5. The summed E-state index contributed by atoms with van der Waals surface area (Å²) in [7, 11) is 0. The van der Waals surface area contributed by atoms with Gasteiger partial charge < -0.3 is 5.32 Å². The van der Waals surface area contributed by atoms with Crippen LogP contribution in [0.15, 0.2) is 64.8 Å². The van der Waals surface area contributed by atoms with E-state index in [9.17, 15) is 9.18 Å². The maximum absolute atomic E-state index is 13.3. The first-order chi connectivity index (χ1) is 15.4. The van der Waals surface area contributed by atoms with Crippen molar-refractivity contribution in [1.82, 2.24) is 19.9 Å². The predicted octanol–water partition coefficient (Wildman–Crippen LogP) is 5.16. The molecule has 0 saturated carbocycles. The molecule has 0 aliphatic heterocycles. The highest BCUT2D eigenvalue weighted by Crippen LogP contribution is 2.27. The van der Waals surface area contributed by atoms with Crippen LogP contribution in [-0.2, 0) is 11.2 Å². The fraction of sp³-hybridized carbons (Fsp3) is 0.136. The second-order valence-corrected chi connectivity index (χ2v) is 9.06. The highest BCUT2D eigenvalue weighted by molar-refractivity contribution is 7.99. The Labute approximate surface area is 192 Å². The fourth-order valence-electron chi connectivity index (χ4n) is 2.82. The van der Waals surface area contributed by atoms with Crippen LogP contribution >= 0.6 is 23.1 Å². The van der Waals surface area contributed by atoms with Gasteiger partial charge in [0.05, 0.1) is 6.42 Å². The number of carbonyl (C=O) groups excluding carboxylic acids is 1.